The minimum Gasteiger partial charge on any atom is -0.284 e. The van der Waals surface area contributed by atoms with Crippen molar-refractivity contribution in [1.82, 2.24) is 0 Å². The fourth-order valence-electron chi connectivity index (χ4n) is 0.168. The number of hydrogen-bond acceptors (Lipinski definition) is 8. The third-order valence-electron chi connectivity index (χ3n) is 0.628. The monoisotopic (exact) mass is 278 g/mol. The SMILES string of the molecule is O=C(SSC(=O)C(S)S)C(S)S. The van der Waals surface area contributed by atoms with Gasteiger partial charge in [-0.1, -0.05) is 0 Å². The maximum Gasteiger partial charge on any atom is 0.222 e. The molecule has 0 rings (SSSR count). The highest BCUT2D eigenvalue weighted by Gasteiger charge is 2.16. The molecule has 0 atom stereocenters. The van der Waals surface area contributed by atoms with Crippen LogP contribution in [0.25, 0.3) is 0 Å². The van der Waals surface area contributed by atoms with E-state index in [2.05, 4.69) is 50.5 Å². The maximum absolute atomic E-state index is 10.9. The summed E-state index contributed by atoms with van der Waals surface area (Å²) in [5, 5.41) is -0.551. The van der Waals surface area contributed by atoms with Crippen LogP contribution in [0.4, 0.5) is 0 Å². The van der Waals surface area contributed by atoms with E-state index in [9.17, 15) is 9.59 Å². The minimum absolute atomic E-state index is 0.276. The molecule has 0 aromatic rings. The van der Waals surface area contributed by atoms with Crippen molar-refractivity contribution in [1.29, 1.82) is 0 Å². The van der Waals surface area contributed by atoms with Gasteiger partial charge in [0.1, 0.15) is 9.16 Å². The van der Waals surface area contributed by atoms with Crippen LogP contribution in [0.3, 0.4) is 0 Å². The molecule has 0 aliphatic heterocycles. The van der Waals surface area contributed by atoms with E-state index in [1.807, 2.05) is 0 Å². The molecule has 0 aromatic carbocycles. The van der Waals surface area contributed by atoms with E-state index in [-0.39, 0.29) is 10.2 Å². The minimum atomic E-state index is -0.659. The van der Waals surface area contributed by atoms with Crippen LogP contribution in [0.15, 0.2) is 0 Å². The summed E-state index contributed by atoms with van der Waals surface area (Å²) in [7, 11) is 1.60. The summed E-state index contributed by atoms with van der Waals surface area (Å²) in [4.78, 5) is 21.7. The summed E-state index contributed by atoms with van der Waals surface area (Å²) >= 11 is 15.1. The van der Waals surface area contributed by atoms with Gasteiger partial charge < -0.3 is 0 Å². The zero-order chi connectivity index (χ0) is 9.72. The molecule has 70 valence electrons. The molecule has 0 spiro atoms. The number of hydrogen-bond donors (Lipinski definition) is 4. The summed E-state index contributed by atoms with van der Waals surface area (Å²) in [6.45, 7) is 0. The second-order valence-corrected chi connectivity index (χ2v) is 6.57. The van der Waals surface area contributed by atoms with E-state index < -0.39 is 9.16 Å². The van der Waals surface area contributed by atoms with Crippen molar-refractivity contribution in [3.8, 4) is 0 Å². The van der Waals surface area contributed by atoms with Crippen molar-refractivity contribution in [2.45, 2.75) is 9.16 Å². The summed E-state index contributed by atoms with van der Waals surface area (Å²) in [6.07, 6.45) is 0. The standard InChI is InChI=1S/C4H6O2S6/c5-1(3(7)8)11-12-2(6)4(9)10/h3-4,7-10H. The molecule has 0 aromatic heterocycles. The van der Waals surface area contributed by atoms with Gasteiger partial charge in [0, 0.05) is 0 Å². The largest absolute Gasteiger partial charge is 0.284 e. The lowest BCUT2D eigenvalue weighted by molar-refractivity contribution is -0.110. The third kappa shape index (κ3) is 5.98. The first-order valence-corrected chi connectivity index (χ1v) is 6.81. The van der Waals surface area contributed by atoms with Gasteiger partial charge in [-0.3, -0.25) is 9.59 Å². The predicted molar refractivity (Wildman–Crippen MR) is 68.7 cm³/mol. The Morgan fingerprint density at radius 1 is 0.833 bits per heavy atom. The Morgan fingerprint density at radius 2 is 1.08 bits per heavy atom. The molecule has 0 radical (unpaired) electrons. The molecule has 12 heavy (non-hydrogen) atoms. The summed E-state index contributed by atoms with van der Waals surface area (Å²) in [5.41, 5.74) is 0. The average molecular weight is 278 g/mol. The highest BCUT2D eigenvalue weighted by atomic mass is 33.1. The van der Waals surface area contributed by atoms with Crippen molar-refractivity contribution in [3.63, 3.8) is 0 Å². The second-order valence-electron chi connectivity index (χ2n) is 1.55. The summed E-state index contributed by atoms with van der Waals surface area (Å²) < 4.78 is -1.32. The fraction of sp³-hybridized carbons (Fsp3) is 0.500. The molecule has 0 fully saturated rings. The number of thiol groups is 4. The van der Waals surface area contributed by atoms with Crippen molar-refractivity contribution in [2.75, 3.05) is 0 Å². The molecule has 0 N–H and O–H groups in total. The first kappa shape index (κ1) is 13.4. The Hall–Kier alpha value is 1.44. The molecule has 0 aliphatic rings. The molecular formula is C4H6O2S6. The van der Waals surface area contributed by atoms with Gasteiger partial charge in [0.05, 0.1) is 0 Å². The molecular weight excluding hydrogens is 272 g/mol. The van der Waals surface area contributed by atoms with Gasteiger partial charge in [-0.2, -0.15) is 50.5 Å². The first-order chi connectivity index (χ1) is 5.45. The lowest BCUT2D eigenvalue weighted by atomic mass is 10.9. The molecule has 0 saturated carbocycles. The Bertz CT molecular complexity index is 158. The van der Waals surface area contributed by atoms with Gasteiger partial charge in [0.15, 0.2) is 0 Å². The summed E-state index contributed by atoms with van der Waals surface area (Å²) in [5.74, 6) is 0. The van der Waals surface area contributed by atoms with E-state index in [0.717, 1.165) is 21.6 Å². The van der Waals surface area contributed by atoms with E-state index >= 15 is 0 Å². The van der Waals surface area contributed by atoms with Crippen LogP contribution in [0.2, 0.25) is 0 Å². The fourth-order valence-corrected chi connectivity index (χ4v) is 3.06. The van der Waals surface area contributed by atoms with Gasteiger partial charge in [-0.25, -0.2) is 0 Å². The highest BCUT2D eigenvalue weighted by Crippen LogP contribution is 2.29. The van der Waals surface area contributed by atoms with Crippen LogP contribution < -0.4 is 0 Å². The first-order valence-electron chi connectivity index (χ1n) is 2.59. The van der Waals surface area contributed by atoms with Crippen molar-refractivity contribution in [3.05, 3.63) is 0 Å². The Labute approximate surface area is 100 Å². The van der Waals surface area contributed by atoms with E-state index in [1.54, 1.807) is 0 Å². The van der Waals surface area contributed by atoms with Crippen LogP contribution in [0.1, 0.15) is 0 Å². The lowest BCUT2D eigenvalue weighted by Crippen LogP contribution is -2.04. The Balaban J connectivity index is 3.69. The summed E-state index contributed by atoms with van der Waals surface area (Å²) in [6, 6.07) is 0. The quantitative estimate of drug-likeness (QED) is 0.353. The lowest BCUT2D eigenvalue weighted by Gasteiger charge is -2.01. The molecule has 0 unspecified atom stereocenters. The normalized spacial score (nSPS) is 10.8. The van der Waals surface area contributed by atoms with Crippen molar-refractivity contribution in [2.24, 2.45) is 0 Å². The molecule has 2 nitrogen and oxygen atoms in total. The molecule has 0 amide bonds. The van der Waals surface area contributed by atoms with E-state index in [4.69, 9.17) is 0 Å². The van der Waals surface area contributed by atoms with Crippen LogP contribution in [0, 0.1) is 0 Å². The average Bonchev–Trinajstić information content (AvgIpc) is 1.98. The zero-order valence-electron chi connectivity index (χ0n) is 5.58. The second kappa shape index (κ2) is 6.83. The molecule has 0 aliphatic carbocycles. The van der Waals surface area contributed by atoms with Crippen molar-refractivity contribution >= 4 is 82.3 Å². The topological polar surface area (TPSA) is 34.1 Å². The van der Waals surface area contributed by atoms with E-state index in [1.165, 1.54) is 0 Å². The predicted octanol–water partition coefficient (Wildman–Crippen LogP) is 1.79. The van der Waals surface area contributed by atoms with Crippen LogP contribution in [0.5, 0.6) is 0 Å². The van der Waals surface area contributed by atoms with Crippen molar-refractivity contribution < 1.29 is 9.59 Å². The Morgan fingerprint density at radius 3 is 1.25 bits per heavy atom. The zero-order valence-corrected chi connectivity index (χ0v) is 10.8. The smallest absolute Gasteiger partial charge is 0.222 e. The molecule has 0 heterocycles. The Kier molecular flexibility index (Phi) is 7.65. The van der Waals surface area contributed by atoms with Gasteiger partial charge in [0.25, 0.3) is 0 Å². The van der Waals surface area contributed by atoms with Crippen LogP contribution in [-0.4, -0.2) is 19.4 Å². The van der Waals surface area contributed by atoms with Gasteiger partial charge >= 0.3 is 0 Å². The van der Waals surface area contributed by atoms with Gasteiger partial charge in [0.2, 0.25) is 10.2 Å². The van der Waals surface area contributed by atoms with E-state index in [0.29, 0.717) is 0 Å². The van der Waals surface area contributed by atoms with Crippen LogP contribution >= 0.6 is 72.1 Å². The van der Waals surface area contributed by atoms with Crippen LogP contribution in [-0.2, 0) is 9.59 Å². The molecule has 0 saturated heterocycles. The number of carbonyl (C=O) groups excluding carboxylic acids is 2. The number of carbonyl (C=O) groups is 2. The molecule has 0 bridgehead atoms. The third-order valence-corrected chi connectivity index (χ3v) is 4.38. The van der Waals surface area contributed by atoms with Gasteiger partial charge in [-0.05, 0) is 21.6 Å². The molecule has 8 heteroatoms. The van der Waals surface area contributed by atoms with Gasteiger partial charge in [-0.15, -0.1) is 0 Å². The number of rotatable bonds is 2. The maximum atomic E-state index is 10.9. The highest BCUT2D eigenvalue weighted by molar-refractivity contribution is 8.87.